The Balaban J connectivity index is 1.62. The third kappa shape index (κ3) is 7.20. The van der Waals surface area contributed by atoms with E-state index in [-0.39, 0.29) is 0 Å². The zero-order valence-electron chi connectivity index (χ0n) is 18.8. The zero-order valence-corrected chi connectivity index (χ0v) is 20.6. The van der Waals surface area contributed by atoms with E-state index in [2.05, 4.69) is 13.4 Å². The average molecular weight is 594 g/mol. The Kier molecular flexibility index (Phi) is 9.45. The van der Waals surface area contributed by atoms with Crippen molar-refractivity contribution in [2.75, 3.05) is 6.61 Å². The lowest BCUT2D eigenvalue weighted by Gasteiger charge is -2.39. The van der Waals surface area contributed by atoms with Crippen LogP contribution in [-0.4, -0.2) is 112 Å². The molecular formula is C16H24N2O18P2. The number of aliphatic hydroxyl groups is 5. The number of nitrogens with zero attached hydrogens (tertiary/aromatic N) is 1. The number of hydrogen-bond acceptors (Lipinski definition) is 15. The average Bonchev–Trinajstić information content (AvgIpc) is 3.07. The molecule has 3 rings (SSSR count). The van der Waals surface area contributed by atoms with Gasteiger partial charge in [0, 0.05) is 12.3 Å². The topological polar surface area (TPSA) is 314 Å². The van der Waals surface area contributed by atoms with Crippen LogP contribution in [0.1, 0.15) is 12.6 Å². The Hall–Kier alpha value is -1.87. The molecular weight excluding hydrogens is 570 g/mol. The fraction of sp³-hybridized carbons (Fsp3) is 0.688. The molecule has 0 aliphatic carbocycles. The molecule has 2 unspecified atom stereocenters. The summed E-state index contributed by atoms with van der Waals surface area (Å²) < 4.78 is 48.2. The second-order valence-electron chi connectivity index (χ2n) is 8.10. The Morgan fingerprint density at radius 1 is 0.947 bits per heavy atom. The molecule has 3 heterocycles. The Morgan fingerprint density at radius 3 is 2.18 bits per heavy atom. The number of aliphatic hydroxyl groups excluding tert-OH is 5. The van der Waals surface area contributed by atoms with Crippen molar-refractivity contribution in [3.05, 3.63) is 33.1 Å². The van der Waals surface area contributed by atoms with Crippen LogP contribution in [0.25, 0.3) is 0 Å². The number of nitrogens with one attached hydrogen (secondary N) is 1. The Morgan fingerprint density at radius 2 is 1.58 bits per heavy atom. The summed E-state index contributed by atoms with van der Waals surface area (Å²) in [6.45, 7) is -1.06. The summed E-state index contributed by atoms with van der Waals surface area (Å²) in [6.07, 6.45) is -17.0. The molecule has 20 nitrogen and oxygen atoms in total. The third-order valence-electron chi connectivity index (χ3n) is 5.35. The number of aromatic nitrogens is 2. The number of rotatable bonds is 10. The van der Waals surface area contributed by atoms with Crippen molar-refractivity contribution in [1.29, 1.82) is 0 Å². The van der Waals surface area contributed by atoms with Crippen LogP contribution in [0.4, 0.5) is 0 Å². The van der Waals surface area contributed by atoms with Crippen molar-refractivity contribution in [3.8, 4) is 0 Å². The molecule has 0 aromatic carbocycles. The molecule has 0 amide bonds. The molecule has 1 aromatic heterocycles. The first-order chi connectivity index (χ1) is 17.5. The van der Waals surface area contributed by atoms with E-state index >= 15 is 0 Å². The number of carboxylic acid groups (broad SMARTS) is 1. The Bertz CT molecular complexity index is 1220. The highest BCUT2D eigenvalue weighted by Crippen LogP contribution is 2.61. The minimum atomic E-state index is -5.68. The summed E-state index contributed by atoms with van der Waals surface area (Å²) in [5.74, 6) is -1.51. The van der Waals surface area contributed by atoms with E-state index in [4.69, 9.17) is 14.6 Å². The lowest BCUT2D eigenvalue weighted by Crippen LogP contribution is -2.58. The maximum absolute atomic E-state index is 12.2. The van der Waals surface area contributed by atoms with Crippen molar-refractivity contribution in [3.63, 3.8) is 0 Å². The van der Waals surface area contributed by atoms with E-state index in [9.17, 15) is 58.8 Å². The highest BCUT2D eigenvalue weighted by Gasteiger charge is 2.50. The van der Waals surface area contributed by atoms with E-state index in [0.29, 0.717) is 4.57 Å². The number of phosphoric acid groups is 2. The minimum Gasteiger partial charge on any atom is -0.481 e. The molecule has 9 N–H and O–H groups in total. The van der Waals surface area contributed by atoms with Gasteiger partial charge in [-0.15, -0.1) is 0 Å². The van der Waals surface area contributed by atoms with Gasteiger partial charge in [-0.25, -0.2) is 13.9 Å². The lowest BCUT2D eigenvalue weighted by molar-refractivity contribution is -0.276. The predicted molar refractivity (Wildman–Crippen MR) is 114 cm³/mol. The fourth-order valence-corrected chi connectivity index (χ4v) is 5.70. The van der Waals surface area contributed by atoms with Crippen molar-refractivity contribution >= 4 is 21.6 Å². The summed E-state index contributed by atoms with van der Waals surface area (Å²) in [5.41, 5.74) is -1.78. The molecule has 22 heteroatoms. The quantitative estimate of drug-likeness (QED) is 0.116. The van der Waals surface area contributed by atoms with Crippen LogP contribution in [-0.2, 0) is 36.8 Å². The summed E-state index contributed by atoms with van der Waals surface area (Å²) in [7, 11) is -11.2. The number of phosphoric ester groups is 2. The minimum absolute atomic E-state index is 0.707. The van der Waals surface area contributed by atoms with Crippen molar-refractivity contribution in [2.24, 2.45) is 0 Å². The molecule has 2 saturated heterocycles. The number of ether oxygens (including phenoxy) is 2. The highest BCUT2D eigenvalue weighted by molar-refractivity contribution is 7.61. The second-order valence-corrected chi connectivity index (χ2v) is 11.1. The molecule has 2 aliphatic rings. The monoisotopic (exact) mass is 594 g/mol. The van der Waals surface area contributed by atoms with Crippen LogP contribution >= 0.6 is 15.6 Å². The molecule has 2 aliphatic heterocycles. The van der Waals surface area contributed by atoms with Gasteiger partial charge in [0.05, 0.1) is 19.1 Å². The van der Waals surface area contributed by atoms with Crippen LogP contribution in [0.5, 0.6) is 0 Å². The first-order valence-corrected chi connectivity index (χ1v) is 13.4. The van der Waals surface area contributed by atoms with Gasteiger partial charge in [0.1, 0.15) is 36.6 Å². The number of hydrogen-bond donors (Lipinski definition) is 9. The summed E-state index contributed by atoms with van der Waals surface area (Å²) in [5, 5.41) is 58.6. The van der Waals surface area contributed by atoms with Crippen molar-refractivity contribution < 1.29 is 77.2 Å². The maximum atomic E-state index is 12.2. The predicted octanol–water partition coefficient (Wildman–Crippen LogP) is -4.31. The number of H-pyrrole nitrogens is 1. The van der Waals surface area contributed by atoms with Crippen LogP contribution in [0.2, 0.25) is 0 Å². The second kappa shape index (κ2) is 11.7. The molecule has 38 heavy (non-hydrogen) atoms. The van der Waals surface area contributed by atoms with E-state index in [1.807, 2.05) is 4.98 Å². The molecule has 0 saturated carbocycles. The standard InChI is InChI=1S/C16H24N2O18P2/c19-7-1-2-18(16(27)17-7)14-12(25)10(23)6(33-14)4-32-37(28,29)36-38(30,31)35-15-13(26)11(24)9(22)5(34-15)3-8(20)21/h1-2,5-6,9-15,22-26H,3-4H2,(H,20,21)(H,28,29)(H,30,31)(H,17,19,27)/t5-,6-,9-,10-,11+,12-,13-,14-,15-/m1/s1. The van der Waals surface area contributed by atoms with Crippen molar-refractivity contribution in [1.82, 2.24) is 9.55 Å². The van der Waals surface area contributed by atoms with Crippen LogP contribution < -0.4 is 11.2 Å². The van der Waals surface area contributed by atoms with Gasteiger partial charge in [-0.05, 0) is 0 Å². The molecule has 1 aromatic rings. The SMILES string of the molecule is O=C(O)C[C@H]1O[C@H](OP(=O)(O)OP(=O)(O)OC[C@H]2O[C@@H](n3ccc(=O)[nH]c3=O)[C@H](O)[C@@H]2O)[C@H](O)[C@@H](O)[C@@H]1O. The van der Waals surface area contributed by atoms with E-state index in [1.165, 1.54) is 0 Å². The highest BCUT2D eigenvalue weighted by atomic mass is 31.3. The summed E-state index contributed by atoms with van der Waals surface area (Å²) in [4.78, 5) is 55.5. The van der Waals surface area contributed by atoms with E-state index < -0.39 is 101 Å². The van der Waals surface area contributed by atoms with E-state index in [0.717, 1.165) is 12.3 Å². The number of aliphatic carboxylic acids is 1. The largest absolute Gasteiger partial charge is 0.483 e. The van der Waals surface area contributed by atoms with E-state index in [1.54, 1.807) is 0 Å². The smallest absolute Gasteiger partial charge is 0.481 e. The van der Waals surface area contributed by atoms with Gasteiger partial charge < -0.3 is 49.9 Å². The first-order valence-electron chi connectivity index (χ1n) is 10.5. The van der Waals surface area contributed by atoms with Gasteiger partial charge in [0.2, 0.25) is 0 Å². The zero-order chi connectivity index (χ0) is 28.6. The molecule has 0 bridgehead atoms. The fourth-order valence-electron chi connectivity index (χ4n) is 3.54. The summed E-state index contributed by atoms with van der Waals surface area (Å²) >= 11 is 0. The normalized spacial score (nSPS) is 36.9. The third-order valence-corrected chi connectivity index (χ3v) is 7.95. The van der Waals surface area contributed by atoms with Gasteiger partial charge in [-0.3, -0.25) is 28.2 Å². The van der Waals surface area contributed by atoms with Crippen molar-refractivity contribution in [2.45, 2.75) is 61.7 Å². The van der Waals surface area contributed by atoms with Gasteiger partial charge in [0.15, 0.2) is 12.5 Å². The van der Waals surface area contributed by atoms with Crippen LogP contribution in [0.3, 0.4) is 0 Å². The van der Waals surface area contributed by atoms with Gasteiger partial charge in [-0.1, -0.05) is 0 Å². The number of carbonyl (C=O) groups is 1. The molecule has 0 spiro atoms. The molecule has 216 valence electrons. The van der Waals surface area contributed by atoms with Crippen LogP contribution in [0, 0.1) is 0 Å². The van der Waals surface area contributed by atoms with Gasteiger partial charge in [-0.2, -0.15) is 4.31 Å². The Labute approximate surface area is 210 Å². The first kappa shape index (κ1) is 30.7. The maximum Gasteiger partial charge on any atom is 0.483 e. The summed E-state index contributed by atoms with van der Waals surface area (Å²) in [6, 6.07) is 0.915. The van der Waals surface area contributed by atoms with Gasteiger partial charge >= 0.3 is 27.3 Å². The number of aromatic amines is 1. The lowest BCUT2D eigenvalue weighted by atomic mass is 9.97. The number of carboxylic acids is 1. The van der Waals surface area contributed by atoms with Crippen LogP contribution in [0.15, 0.2) is 21.9 Å². The van der Waals surface area contributed by atoms with Gasteiger partial charge in [0.25, 0.3) is 5.56 Å². The molecule has 0 radical (unpaired) electrons. The molecule has 2 fully saturated rings. The molecule has 11 atom stereocenters.